The Morgan fingerprint density at radius 1 is 1.10 bits per heavy atom. The monoisotopic (exact) mass is 146 g/mol. The number of nitrogens with one attached hydrogen (secondary N) is 1. The van der Waals surface area contributed by atoms with Crippen molar-refractivity contribution in [1.29, 1.82) is 0 Å². The van der Waals surface area contributed by atoms with Crippen molar-refractivity contribution in [2.45, 2.75) is 34.6 Å². The molecular weight excluding hydrogens is 124 g/mol. The molecule has 10 heavy (non-hydrogen) atoms. The Bertz CT molecular complexity index is 58.3. The minimum Gasteiger partial charge on any atom is -0.377 e. The van der Waals surface area contributed by atoms with Crippen LogP contribution in [0, 0.1) is 0 Å². The fourth-order valence-corrected chi connectivity index (χ4v) is 0.112. The SMILES string of the molecule is CC.CC.CN=C(C)NC. The van der Waals surface area contributed by atoms with Gasteiger partial charge in [0.05, 0.1) is 5.84 Å². The van der Waals surface area contributed by atoms with Crippen molar-refractivity contribution in [3.63, 3.8) is 0 Å². The molecule has 0 saturated carbocycles. The number of hydrogen-bond acceptors (Lipinski definition) is 1. The lowest BCUT2D eigenvalue weighted by Gasteiger charge is -1.90. The first-order valence-corrected chi connectivity index (χ1v) is 3.92. The molecule has 0 rings (SSSR count). The third-order valence-corrected chi connectivity index (χ3v) is 0.697. The van der Waals surface area contributed by atoms with Gasteiger partial charge in [0.15, 0.2) is 0 Å². The normalized spacial score (nSPS) is 8.10. The first-order valence-electron chi connectivity index (χ1n) is 3.92. The first-order chi connectivity index (χ1) is 4.81. The van der Waals surface area contributed by atoms with E-state index in [0.717, 1.165) is 5.84 Å². The summed E-state index contributed by atoms with van der Waals surface area (Å²) in [5.41, 5.74) is 0. The second-order valence-electron chi connectivity index (χ2n) is 1.06. The number of nitrogens with zero attached hydrogens (tertiary/aromatic N) is 1. The predicted molar refractivity (Wildman–Crippen MR) is 50.8 cm³/mol. The molecule has 0 radical (unpaired) electrons. The molecule has 0 aliphatic carbocycles. The molecule has 0 atom stereocenters. The topological polar surface area (TPSA) is 24.4 Å². The Morgan fingerprint density at radius 2 is 1.40 bits per heavy atom. The summed E-state index contributed by atoms with van der Waals surface area (Å²) in [5, 5.41) is 2.86. The molecule has 0 unspecified atom stereocenters. The summed E-state index contributed by atoms with van der Waals surface area (Å²) in [7, 11) is 3.61. The van der Waals surface area contributed by atoms with Gasteiger partial charge in [-0.2, -0.15) is 0 Å². The highest BCUT2D eigenvalue weighted by molar-refractivity contribution is 5.78. The molecule has 0 aliphatic rings. The van der Waals surface area contributed by atoms with Crippen LogP contribution >= 0.6 is 0 Å². The van der Waals surface area contributed by atoms with E-state index in [-0.39, 0.29) is 0 Å². The highest BCUT2D eigenvalue weighted by Crippen LogP contribution is 1.59. The maximum atomic E-state index is 3.81. The van der Waals surface area contributed by atoms with Crippen molar-refractivity contribution >= 4 is 5.84 Å². The minimum atomic E-state index is 0.968. The van der Waals surface area contributed by atoms with Gasteiger partial charge in [0, 0.05) is 14.1 Å². The van der Waals surface area contributed by atoms with Crippen molar-refractivity contribution in [1.82, 2.24) is 5.32 Å². The van der Waals surface area contributed by atoms with Crippen LogP contribution in [-0.4, -0.2) is 19.9 Å². The number of aliphatic imine (C=N–C) groups is 1. The standard InChI is InChI=1S/C4H10N2.2C2H6/c1-4(5-2)6-3;2*1-2/h1-3H3,(H,5,6);2*1-2H3. The van der Waals surface area contributed by atoms with Gasteiger partial charge >= 0.3 is 0 Å². The summed E-state index contributed by atoms with van der Waals surface area (Å²) < 4.78 is 0. The van der Waals surface area contributed by atoms with Crippen molar-refractivity contribution in [3.8, 4) is 0 Å². The average molecular weight is 146 g/mol. The van der Waals surface area contributed by atoms with E-state index >= 15 is 0 Å². The Balaban J connectivity index is -0.000000105. The molecule has 0 saturated heterocycles. The van der Waals surface area contributed by atoms with Gasteiger partial charge in [0.2, 0.25) is 0 Å². The van der Waals surface area contributed by atoms with Crippen molar-refractivity contribution < 1.29 is 0 Å². The van der Waals surface area contributed by atoms with Crippen LogP contribution < -0.4 is 5.32 Å². The molecule has 0 aromatic carbocycles. The molecule has 0 aromatic rings. The van der Waals surface area contributed by atoms with Crippen molar-refractivity contribution in [2.24, 2.45) is 4.99 Å². The van der Waals surface area contributed by atoms with Crippen LogP contribution in [0.15, 0.2) is 4.99 Å². The molecule has 0 amide bonds. The van der Waals surface area contributed by atoms with Gasteiger partial charge in [-0.05, 0) is 6.92 Å². The lowest BCUT2D eigenvalue weighted by atomic mass is 10.7. The van der Waals surface area contributed by atoms with E-state index in [4.69, 9.17) is 0 Å². The lowest BCUT2D eigenvalue weighted by molar-refractivity contribution is 1.14. The Kier molecular flexibility index (Phi) is 38.4. The number of hydrogen-bond donors (Lipinski definition) is 1. The molecule has 0 heterocycles. The molecule has 2 heteroatoms. The molecule has 0 aromatic heterocycles. The third-order valence-electron chi connectivity index (χ3n) is 0.697. The van der Waals surface area contributed by atoms with Crippen LogP contribution in [0.5, 0.6) is 0 Å². The summed E-state index contributed by atoms with van der Waals surface area (Å²) in [5.74, 6) is 0.968. The van der Waals surface area contributed by atoms with E-state index < -0.39 is 0 Å². The summed E-state index contributed by atoms with van der Waals surface area (Å²) >= 11 is 0. The zero-order valence-corrected chi connectivity index (χ0v) is 8.45. The molecule has 64 valence electrons. The largest absolute Gasteiger partial charge is 0.377 e. The van der Waals surface area contributed by atoms with Gasteiger partial charge in [0.25, 0.3) is 0 Å². The first kappa shape index (κ1) is 16.2. The van der Waals surface area contributed by atoms with Crippen LogP contribution in [0.4, 0.5) is 0 Å². The van der Waals surface area contributed by atoms with Crippen LogP contribution in [0.1, 0.15) is 34.6 Å². The molecule has 1 N–H and O–H groups in total. The van der Waals surface area contributed by atoms with Gasteiger partial charge in [-0.3, -0.25) is 4.99 Å². The Hall–Kier alpha value is -0.530. The highest BCUT2D eigenvalue weighted by Gasteiger charge is 1.71. The highest BCUT2D eigenvalue weighted by atomic mass is 14.9. The minimum absolute atomic E-state index is 0.968. The fourth-order valence-electron chi connectivity index (χ4n) is 0.112. The van der Waals surface area contributed by atoms with Crippen molar-refractivity contribution in [3.05, 3.63) is 0 Å². The second kappa shape index (κ2) is 23.7. The van der Waals surface area contributed by atoms with E-state index in [2.05, 4.69) is 10.3 Å². The predicted octanol–water partition coefficient (Wildman–Crippen LogP) is 2.31. The average Bonchev–Trinajstić information content (AvgIpc) is 2.10. The molecule has 0 spiro atoms. The molecule has 0 fully saturated rings. The Labute approximate surface area is 65.8 Å². The van der Waals surface area contributed by atoms with Gasteiger partial charge < -0.3 is 5.32 Å². The summed E-state index contributed by atoms with van der Waals surface area (Å²) in [4.78, 5) is 3.81. The second-order valence-corrected chi connectivity index (χ2v) is 1.06. The van der Waals surface area contributed by atoms with E-state index in [1.807, 2.05) is 41.7 Å². The van der Waals surface area contributed by atoms with Crippen LogP contribution in [0.25, 0.3) is 0 Å². The quantitative estimate of drug-likeness (QED) is 0.411. The van der Waals surface area contributed by atoms with Crippen LogP contribution in [0.2, 0.25) is 0 Å². The van der Waals surface area contributed by atoms with E-state index in [1.165, 1.54) is 0 Å². The lowest BCUT2D eigenvalue weighted by Crippen LogP contribution is -2.12. The van der Waals surface area contributed by atoms with Gasteiger partial charge in [-0.1, -0.05) is 27.7 Å². The summed E-state index contributed by atoms with van der Waals surface area (Å²) in [6.45, 7) is 9.92. The molecule has 0 aliphatic heterocycles. The van der Waals surface area contributed by atoms with E-state index in [1.54, 1.807) is 7.05 Å². The van der Waals surface area contributed by atoms with E-state index in [0.29, 0.717) is 0 Å². The van der Waals surface area contributed by atoms with E-state index in [9.17, 15) is 0 Å². The smallest absolute Gasteiger partial charge is 0.0925 e. The summed E-state index contributed by atoms with van der Waals surface area (Å²) in [6.07, 6.45) is 0. The van der Waals surface area contributed by atoms with Crippen LogP contribution in [0.3, 0.4) is 0 Å². The van der Waals surface area contributed by atoms with Gasteiger partial charge in [0.1, 0.15) is 0 Å². The molecular formula is C8H22N2. The summed E-state index contributed by atoms with van der Waals surface area (Å²) in [6, 6.07) is 0. The van der Waals surface area contributed by atoms with Crippen molar-refractivity contribution in [2.75, 3.05) is 14.1 Å². The Morgan fingerprint density at radius 3 is 1.40 bits per heavy atom. The molecule has 2 nitrogen and oxygen atoms in total. The maximum absolute atomic E-state index is 3.81. The van der Waals surface area contributed by atoms with Gasteiger partial charge in [-0.15, -0.1) is 0 Å². The number of amidine groups is 1. The third kappa shape index (κ3) is 26.0. The van der Waals surface area contributed by atoms with Gasteiger partial charge in [-0.25, -0.2) is 0 Å². The number of rotatable bonds is 0. The zero-order valence-electron chi connectivity index (χ0n) is 8.45. The fraction of sp³-hybridized carbons (Fsp3) is 0.875. The molecule has 0 bridgehead atoms. The maximum Gasteiger partial charge on any atom is 0.0925 e. The zero-order chi connectivity index (χ0) is 8.99. The van der Waals surface area contributed by atoms with Crippen LogP contribution in [-0.2, 0) is 0 Å².